The molecule has 0 bridgehead atoms. The Labute approximate surface area is 133 Å². The van der Waals surface area contributed by atoms with Crippen molar-refractivity contribution in [3.8, 4) is 5.75 Å². The van der Waals surface area contributed by atoms with Crippen LogP contribution < -0.4 is 15.4 Å². The highest BCUT2D eigenvalue weighted by Crippen LogP contribution is 2.30. The lowest BCUT2D eigenvalue weighted by Crippen LogP contribution is -2.33. The number of anilines is 1. The number of nitrogens with one attached hydrogen (secondary N) is 2. The molecular formula is C16H18N4O3. The summed E-state index contributed by atoms with van der Waals surface area (Å²) in [7, 11) is 0. The number of benzene rings is 1. The molecule has 1 aromatic heterocycles. The highest BCUT2D eigenvalue weighted by atomic mass is 16.5. The predicted molar refractivity (Wildman–Crippen MR) is 84.1 cm³/mol. The highest BCUT2D eigenvalue weighted by molar-refractivity contribution is 5.95. The van der Waals surface area contributed by atoms with Crippen LogP contribution in [-0.4, -0.2) is 28.2 Å². The molecule has 0 saturated carbocycles. The fourth-order valence-corrected chi connectivity index (χ4v) is 2.42. The van der Waals surface area contributed by atoms with E-state index in [4.69, 9.17) is 4.74 Å². The van der Waals surface area contributed by atoms with Crippen LogP contribution in [-0.2, 0) is 9.59 Å². The molecule has 0 fully saturated rings. The van der Waals surface area contributed by atoms with Crippen LogP contribution in [0.5, 0.6) is 5.75 Å². The van der Waals surface area contributed by atoms with Gasteiger partial charge in [0.25, 0.3) is 5.91 Å². The van der Waals surface area contributed by atoms with E-state index in [0.717, 1.165) is 5.56 Å². The number of rotatable bonds is 4. The Morgan fingerprint density at radius 3 is 3.00 bits per heavy atom. The molecule has 0 saturated heterocycles. The van der Waals surface area contributed by atoms with E-state index in [9.17, 15) is 9.59 Å². The minimum absolute atomic E-state index is 0.0278. The van der Waals surface area contributed by atoms with Crippen LogP contribution in [0.4, 0.5) is 5.69 Å². The lowest BCUT2D eigenvalue weighted by atomic mass is 10.1. The number of aromatic nitrogens is 2. The molecule has 2 unspecified atom stereocenters. The van der Waals surface area contributed by atoms with Gasteiger partial charge < -0.3 is 15.4 Å². The molecule has 23 heavy (non-hydrogen) atoms. The SMILES string of the molecule is CC(NC(=O)C(C)n1cccn1)c1ccc2c(c1)NC(=O)CO2. The second kappa shape index (κ2) is 6.12. The Morgan fingerprint density at radius 1 is 1.43 bits per heavy atom. The van der Waals surface area contributed by atoms with Crippen LogP contribution in [0.2, 0.25) is 0 Å². The lowest BCUT2D eigenvalue weighted by molar-refractivity contribution is -0.124. The Morgan fingerprint density at radius 2 is 2.26 bits per heavy atom. The van der Waals surface area contributed by atoms with Crippen molar-refractivity contribution in [1.82, 2.24) is 15.1 Å². The average molecular weight is 314 g/mol. The van der Waals surface area contributed by atoms with Crippen LogP contribution >= 0.6 is 0 Å². The van der Waals surface area contributed by atoms with E-state index in [2.05, 4.69) is 15.7 Å². The van der Waals surface area contributed by atoms with Crippen molar-refractivity contribution >= 4 is 17.5 Å². The zero-order valence-corrected chi connectivity index (χ0v) is 12.9. The fraction of sp³-hybridized carbons (Fsp3) is 0.312. The Hall–Kier alpha value is -2.83. The number of carbonyl (C=O) groups excluding carboxylic acids is 2. The van der Waals surface area contributed by atoms with Crippen molar-refractivity contribution in [2.45, 2.75) is 25.9 Å². The standard InChI is InChI=1S/C16H18N4O3/c1-10(18-16(22)11(2)20-7-3-6-17-20)12-4-5-14-13(8-12)19-15(21)9-23-14/h3-8,10-11H,9H2,1-2H3,(H,18,22)(H,19,21). The fourth-order valence-electron chi connectivity index (χ4n) is 2.42. The predicted octanol–water partition coefficient (Wildman–Crippen LogP) is 1.65. The zero-order chi connectivity index (χ0) is 16.4. The molecule has 7 heteroatoms. The van der Waals surface area contributed by atoms with Gasteiger partial charge in [0.1, 0.15) is 11.8 Å². The molecule has 0 aliphatic carbocycles. The maximum atomic E-state index is 12.3. The number of hydrogen-bond acceptors (Lipinski definition) is 4. The molecule has 120 valence electrons. The summed E-state index contributed by atoms with van der Waals surface area (Å²) in [6.45, 7) is 3.71. The second-order valence-electron chi connectivity index (χ2n) is 5.48. The number of amides is 2. The van der Waals surface area contributed by atoms with Gasteiger partial charge in [0.05, 0.1) is 11.7 Å². The largest absolute Gasteiger partial charge is 0.482 e. The second-order valence-corrected chi connectivity index (χ2v) is 5.48. The van der Waals surface area contributed by atoms with E-state index >= 15 is 0 Å². The Kier molecular flexibility index (Phi) is 4.01. The number of ether oxygens (including phenoxy) is 1. The third-order valence-corrected chi connectivity index (χ3v) is 3.80. The molecule has 0 radical (unpaired) electrons. The summed E-state index contributed by atoms with van der Waals surface area (Å²) < 4.78 is 6.93. The van der Waals surface area contributed by atoms with Crippen molar-refractivity contribution < 1.29 is 14.3 Å². The van der Waals surface area contributed by atoms with Gasteiger partial charge in [-0.2, -0.15) is 5.10 Å². The highest BCUT2D eigenvalue weighted by Gasteiger charge is 2.20. The first-order valence-electron chi connectivity index (χ1n) is 7.40. The number of nitrogens with zero attached hydrogens (tertiary/aromatic N) is 2. The smallest absolute Gasteiger partial charge is 0.262 e. The van der Waals surface area contributed by atoms with Gasteiger partial charge in [0.2, 0.25) is 5.91 Å². The van der Waals surface area contributed by atoms with Gasteiger partial charge in [-0.25, -0.2) is 0 Å². The van der Waals surface area contributed by atoms with Crippen molar-refractivity contribution in [2.24, 2.45) is 0 Å². The quantitative estimate of drug-likeness (QED) is 0.898. The molecule has 1 aliphatic heterocycles. The molecule has 1 aromatic carbocycles. The van der Waals surface area contributed by atoms with Crippen LogP contribution in [0.1, 0.15) is 31.5 Å². The van der Waals surface area contributed by atoms with Gasteiger partial charge in [-0.15, -0.1) is 0 Å². The van der Waals surface area contributed by atoms with Crippen LogP contribution in [0.15, 0.2) is 36.7 Å². The minimum atomic E-state index is -0.395. The van der Waals surface area contributed by atoms with Crippen LogP contribution in [0.25, 0.3) is 0 Å². The minimum Gasteiger partial charge on any atom is -0.482 e. The van der Waals surface area contributed by atoms with E-state index in [0.29, 0.717) is 11.4 Å². The van der Waals surface area contributed by atoms with Crippen molar-refractivity contribution in [2.75, 3.05) is 11.9 Å². The maximum Gasteiger partial charge on any atom is 0.262 e. The summed E-state index contributed by atoms with van der Waals surface area (Å²) in [5.74, 6) is 0.328. The van der Waals surface area contributed by atoms with E-state index < -0.39 is 6.04 Å². The Bertz CT molecular complexity index is 727. The van der Waals surface area contributed by atoms with Crippen molar-refractivity contribution in [3.63, 3.8) is 0 Å². The van der Waals surface area contributed by atoms with Gasteiger partial charge in [-0.3, -0.25) is 14.3 Å². The monoisotopic (exact) mass is 314 g/mol. The average Bonchev–Trinajstić information content (AvgIpc) is 3.07. The van der Waals surface area contributed by atoms with E-state index in [1.807, 2.05) is 19.1 Å². The summed E-state index contributed by atoms with van der Waals surface area (Å²) in [6.07, 6.45) is 3.39. The molecule has 7 nitrogen and oxygen atoms in total. The van der Waals surface area contributed by atoms with Gasteiger partial charge in [-0.1, -0.05) is 6.07 Å². The van der Waals surface area contributed by atoms with Crippen molar-refractivity contribution in [3.05, 3.63) is 42.2 Å². The molecular weight excluding hydrogens is 296 g/mol. The van der Waals surface area contributed by atoms with Crippen molar-refractivity contribution in [1.29, 1.82) is 0 Å². The number of fused-ring (bicyclic) bond motifs is 1. The first-order chi connectivity index (χ1) is 11.0. The molecule has 2 N–H and O–H groups in total. The third kappa shape index (κ3) is 3.18. The first kappa shape index (κ1) is 15.1. The molecule has 2 aromatic rings. The molecule has 1 aliphatic rings. The molecule has 0 spiro atoms. The van der Waals surface area contributed by atoms with Crippen LogP contribution in [0.3, 0.4) is 0 Å². The molecule has 2 amide bonds. The van der Waals surface area contributed by atoms with Gasteiger partial charge in [0.15, 0.2) is 6.61 Å². The third-order valence-electron chi connectivity index (χ3n) is 3.80. The van der Waals surface area contributed by atoms with E-state index in [-0.39, 0.29) is 24.5 Å². The van der Waals surface area contributed by atoms with Gasteiger partial charge in [0, 0.05) is 12.4 Å². The number of carbonyl (C=O) groups is 2. The van der Waals surface area contributed by atoms with Gasteiger partial charge >= 0.3 is 0 Å². The topological polar surface area (TPSA) is 85.3 Å². The number of hydrogen-bond donors (Lipinski definition) is 2. The molecule has 2 atom stereocenters. The first-order valence-corrected chi connectivity index (χ1v) is 7.40. The van der Waals surface area contributed by atoms with Gasteiger partial charge in [-0.05, 0) is 37.6 Å². The maximum absolute atomic E-state index is 12.3. The summed E-state index contributed by atoms with van der Waals surface area (Å²) >= 11 is 0. The normalized spacial score (nSPS) is 15.8. The molecule has 3 rings (SSSR count). The zero-order valence-electron chi connectivity index (χ0n) is 12.9. The van der Waals surface area contributed by atoms with E-state index in [1.54, 1.807) is 36.1 Å². The van der Waals surface area contributed by atoms with E-state index in [1.165, 1.54) is 0 Å². The van der Waals surface area contributed by atoms with Crippen LogP contribution in [0, 0.1) is 0 Å². The lowest BCUT2D eigenvalue weighted by Gasteiger charge is -2.22. The summed E-state index contributed by atoms with van der Waals surface area (Å²) in [4.78, 5) is 23.7. The molecule has 2 heterocycles. The summed E-state index contributed by atoms with van der Waals surface area (Å²) in [5.41, 5.74) is 1.51. The summed E-state index contributed by atoms with van der Waals surface area (Å²) in [6, 6.07) is 6.66. The Balaban J connectivity index is 1.71. The summed E-state index contributed by atoms with van der Waals surface area (Å²) in [5, 5.41) is 9.79.